The molecule has 1 N–H and O–H groups in total. The maximum Gasteiger partial charge on any atom is 0.231 e. The lowest BCUT2D eigenvalue weighted by atomic mass is 9.87. The molecule has 2 amide bonds. The van der Waals surface area contributed by atoms with Crippen molar-refractivity contribution in [3.05, 3.63) is 47.5 Å². The van der Waals surface area contributed by atoms with Crippen LogP contribution in [0.3, 0.4) is 0 Å². The van der Waals surface area contributed by atoms with Crippen LogP contribution in [0, 0.1) is 11.8 Å². The molecular formula is C37H49N3O2S. The van der Waals surface area contributed by atoms with E-state index < -0.39 is 5.54 Å². The normalized spacial score (nSPS) is 16.8. The van der Waals surface area contributed by atoms with Crippen LogP contribution < -0.4 is 5.32 Å². The smallest absolute Gasteiger partial charge is 0.231 e. The molecule has 0 saturated heterocycles. The molecule has 43 heavy (non-hydrogen) atoms. The molecule has 0 aliphatic carbocycles. The average molecular weight is 600 g/mol. The van der Waals surface area contributed by atoms with Crippen LogP contribution in [0.15, 0.2) is 41.4 Å². The average Bonchev–Trinajstić information content (AvgIpc) is 3.35. The maximum atomic E-state index is 13.1. The number of carbonyl (C=O) groups is 2. The lowest BCUT2D eigenvalue weighted by Gasteiger charge is -2.35. The molecule has 0 bridgehead atoms. The van der Waals surface area contributed by atoms with Gasteiger partial charge in [-0.1, -0.05) is 96.0 Å². The van der Waals surface area contributed by atoms with Crippen molar-refractivity contribution < 1.29 is 9.59 Å². The highest BCUT2D eigenvalue weighted by atomic mass is 32.1. The molecule has 1 atom stereocenters. The number of rotatable bonds is 15. The van der Waals surface area contributed by atoms with Gasteiger partial charge in [-0.25, -0.2) is 4.99 Å². The summed E-state index contributed by atoms with van der Waals surface area (Å²) < 4.78 is 2.40. The van der Waals surface area contributed by atoms with Crippen molar-refractivity contribution >= 4 is 49.3 Å². The van der Waals surface area contributed by atoms with Gasteiger partial charge < -0.3 is 0 Å². The van der Waals surface area contributed by atoms with Gasteiger partial charge in [0.05, 0.1) is 12.0 Å². The number of fused-ring (bicyclic) bond motifs is 3. The standard InChI is InChI=1S/C37H49N3O2S/c1-5-7-8-9-10-11-12-13-14-15-16-17-18-20-34(41)38-36-39-37(3,27-35(42)40(36)4)29-22-24-33-31(26-29)30-25-28(19-6-2)21-23-32(30)43-33/h21-26H,5,7-18,20,27H2,1-4H3,(H,38,39,41). The summed E-state index contributed by atoms with van der Waals surface area (Å²) in [6, 6.07) is 12.7. The molecule has 0 spiro atoms. The van der Waals surface area contributed by atoms with Crippen molar-refractivity contribution in [1.29, 1.82) is 0 Å². The van der Waals surface area contributed by atoms with E-state index in [-0.39, 0.29) is 18.2 Å². The van der Waals surface area contributed by atoms with Crippen LogP contribution in [-0.4, -0.2) is 29.7 Å². The van der Waals surface area contributed by atoms with E-state index in [4.69, 9.17) is 4.99 Å². The van der Waals surface area contributed by atoms with Crippen LogP contribution in [0.5, 0.6) is 0 Å². The molecule has 0 radical (unpaired) electrons. The molecule has 3 aromatic rings. The molecule has 2 heterocycles. The third-order valence-corrected chi connectivity index (χ3v) is 9.81. The summed E-state index contributed by atoms with van der Waals surface area (Å²) in [7, 11) is 1.69. The van der Waals surface area contributed by atoms with Crippen LogP contribution >= 0.6 is 11.3 Å². The molecule has 2 aromatic carbocycles. The maximum absolute atomic E-state index is 13.1. The van der Waals surface area contributed by atoms with Crippen LogP contribution in [0.1, 0.15) is 128 Å². The number of aliphatic imine (C=N–C) groups is 1. The molecule has 5 nitrogen and oxygen atoms in total. The highest BCUT2D eigenvalue weighted by Crippen LogP contribution is 2.39. The van der Waals surface area contributed by atoms with Crippen molar-refractivity contribution in [2.45, 2.75) is 123 Å². The Bertz CT molecular complexity index is 1490. The summed E-state index contributed by atoms with van der Waals surface area (Å²) in [5.74, 6) is 6.35. The van der Waals surface area contributed by atoms with Gasteiger partial charge in [-0.2, -0.15) is 0 Å². The van der Waals surface area contributed by atoms with E-state index in [2.05, 4.69) is 60.5 Å². The predicted octanol–water partition coefficient (Wildman–Crippen LogP) is 9.46. The number of hydrogen-bond acceptors (Lipinski definition) is 4. The zero-order valence-electron chi connectivity index (χ0n) is 26.7. The number of benzene rings is 2. The highest BCUT2D eigenvalue weighted by molar-refractivity contribution is 7.25. The molecular weight excluding hydrogens is 550 g/mol. The third-order valence-electron chi connectivity index (χ3n) is 8.66. The van der Waals surface area contributed by atoms with Gasteiger partial charge in [-0.15, -0.1) is 17.3 Å². The fraction of sp³-hybridized carbons (Fsp3) is 0.541. The Hall–Kier alpha value is -3.17. The number of carbonyl (C=O) groups excluding carboxylic acids is 2. The van der Waals surface area contributed by atoms with E-state index in [0.717, 1.165) is 29.4 Å². The Morgan fingerprint density at radius 2 is 1.49 bits per heavy atom. The zero-order valence-corrected chi connectivity index (χ0v) is 27.5. The van der Waals surface area contributed by atoms with Crippen LogP contribution in [0.25, 0.3) is 20.2 Å². The van der Waals surface area contributed by atoms with Gasteiger partial charge in [-0.3, -0.25) is 19.8 Å². The number of guanidine groups is 1. The van der Waals surface area contributed by atoms with E-state index in [9.17, 15) is 9.59 Å². The first kappa shape index (κ1) is 32.7. The minimum absolute atomic E-state index is 0.0514. The monoisotopic (exact) mass is 599 g/mol. The molecule has 0 fully saturated rings. The lowest BCUT2D eigenvalue weighted by molar-refractivity contribution is -0.128. The van der Waals surface area contributed by atoms with Gasteiger partial charge >= 0.3 is 0 Å². The molecule has 230 valence electrons. The van der Waals surface area contributed by atoms with Crippen LogP contribution in [-0.2, 0) is 15.1 Å². The van der Waals surface area contributed by atoms with Crippen molar-refractivity contribution in [1.82, 2.24) is 10.2 Å². The Kier molecular flexibility index (Phi) is 12.2. The zero-order chi connectivity index (χ0) is 30.7. The molecule has 0 saturated carbocycles. The molecule has 4 rings (SSSR count). The summed E-state index contributed by atoms with van der Waals surface area (Å²) in [5.41, 5.74) is 1.20. The summed E-state index contributed by atoms with van der Waals surface area (Å²) >= 11 is 1.76. The van der Waals surface area contributed by atoms with Gasteiger partial charge in [0.25, 0.3) is 0 Å². The Balaban J connectivity index is 1.30. The van der Waals surface area contributed by atoms with Crippen molar-refractivity contribution in [3.63, 3.8) is 0 Å². The van der Waals surface area contributed by atoms with Gasteiger partial charge in [0, 0.05) is 39.2 Å². The number of thiophene rings is 1. The largest absolute Gasteiger partial charge is 0.296 e. The molecule has 1 aromatic heterocycles. The van der Waals surface area contributed by atoms with Gasteiger partial charge in [0.15, 0.2) is 0 Å². The highest BCUT2D eigenvalue weighted by Gasteiger charge is 2.37. The number of nitrogens with one attached hydrogen (secondary N) is 1. The van der Waals surface area contributed by atoms with Gasteiger partial charge in [-0.05, 0) is 56.2 Å². The number of hydrogen-bond donors (Lipinski definition) is 1. The SMILES string of the molecule is CC#Cc1ccc2sc3ccc(C4(C)CC(=O)N(C)C(NC(=O)CCCCCCCCCCCCCCC)=N4)cc3c2c1. The summed E-state index contributed by atoms with van der Waals surface area (Å²) in [4.78, 5) is 32.4. The summed E-state index contributed by atoms with van der Waals surface area (Å²) in [6.45, 7) is 6.10. The Labute approximate surface area is 262 Å². The van der Waals surface area contributed by atoms with Crippen LogP contribution in [0.4, 0.5) is 0 Å². The number of unbranched alkanes of at least 4 members (excludes halogenated alkanes) is 12. The minimum atomic E-state index is -0.759. The fourth-order valence-corrected chi connectivity index (χ4v) is 7.05. The quantitative estimate of drug-likeness (QED) is 0.140. The minimum Gasteiger partial charge on any atom is -0.296 e. The topological polar surface area (TPSA) is 61.8 Å². The molecule has 1 aliphatic rings. The van der Waals surface area contributed by atoms with Crippen LogP contribution in [0.2, 0.25) is 0 Å². The summed E-state index contributed by atoms with van der Waals surface area (Å²) in [6.07, 6.45) is 17.3. The van der Waals surface area contributed by atoms with Crippen molar-refractivity contribution in [2.75, 3.05) is 7.05 Å². The Morgan fingerprint density at radius 1 is 0.907 bits per heavy atom. The fourth-order valence-electron chi connectivity index (χ4n) is 5.98. The lowest BCUT2D eigenvalue weighted by Crippen LogP contribution is -2.51. The second kappa shape index (κ2) is 16.1. The van der Waals surface area contributed by atoms with E-state index >= 15 is 0 Å². The first-order chi connectivity index (χ1) is 20.8. The molecule has 6 heteroatoms. The van der Waals surface area contributed by atoms with Gasteiger partial charge in [0.1, 0.15) is 0 Å². The van der Waals surface area contributed by atoms with Crippen molar-refractivity contribution in [3.8, 4) is 11.8 Å². The van der Waals surface area contributed by atoms with E-state index in [0.29, 0.717) is 12.4 Å². The molecule has 1 unspecified atom stereocenters. The Morgan fingerprint density at radius 3 is 2.12 bits per heavy atom. The van der Waals surface area contributed by atoms with E-state index in [1.165, 1.54) is 90.3 Å². The number of nitrogens with zero attached hydrogens (tertiary/aromatic N) is 2. The predicted molar refractivity (Wildman–Crippen MR) is 183 cm³/mol. The molecule has 1 aliphatic heterocycles. The van der Waals surface area contributed by atoms with E-state index in [1.54, 1.807) is 18.4 Å². The number of amides is 2. The first-order valence-corrected chi connectivity index (χ1v) is 17.2. The second-order valence-corrected chi connectivity index (χ2v) is 13.4. The summed E-state index contributed by atoms with van der Waals surface area (Å²) in [5, 5.41) is 5.27. The van der Waals surface area contributed by atoms with Crippen molar-refractivity contribution in [2.24, 2.45) is 4.99 Å². The third kappa shape index (κ3) is 8.92. The van der Waals surface area contributed by atoms with Gasteiger partial charge in [0.2, 0.25) is 17.8 Å². The first-order valence-electron chi connectivity index (χ1n) is 16.4. The second-order valence-electron chi connectivity index (χ2n) is 12.3. The van der Waals surface area contributed by atoms with E-state index in [1.807, 2.05) is 13.8 Å².